The average Bonchev–Trinajstić information content (AvgIpc) is 2.54. The quantitative estimate of drug-likeness (QED) is 0.844. The first-order valence-corrected chi connectivity index (χ1v) is 7.89. The normalized spacial score (nSPS) is 21.0. The Hall–Kier alpha value is -1.39. The van der Waals surface area contributed by atoms with Gasteiger partial charge in [0.15, 0.2) is 0 Å². The SMILES string of the molecule is CCOC(=O)C1CNCCN1C(C)c1ccc(CC)cc1. The van der Waals surface area contributed by atoms with E-state index in [1.165, 1.54) is 11.1 Å². The van der Waals surface area contributed by atoms with E-state index in [9.17, 15) is 4.79 Å². The fourth-order valence-electron chi connectivity index (χ4n) is 2.86. The lowest BCUT2D eigenvalue weighted by atomic mass is 10.0. The summed E-state index contributed by atoms with van der Waals surface area (Å²) in [5.74, 6) is -0.123. The maximum absolute atomic E-state index is 12.1. The predicted octanol–water partition coefficient (Wildman–Crippen LogP) is 2.15. The number of benzene rings is 1. The van der Waals surface area contributed by atoms with Crippen molar-refractivity contribution in [2.45, 2.75) is 39.3 Å². The number of carbonyl (C=O) groups excluding carboxylic acids is 1. The molecule has 0 spiro atoms. The molecule has 21 heavy (non-hydrogen) atoms. The van der Waals surface area contributed by atoms with E-state index in [1.54, 1.807) is 0 Å². The zero-order chi connectivity index (χ0) is 15.2. The highest BCUT2D eigenvalue weighted by atomic mass is 16.5. The molecular weight excluding hydrogens is 264 g/mol. The van der Waals surface area contributed by atoms with Crippen LogP contribution >= 0.6 is 0 Å². The number of hydrogen-bond donors (Lipinski definition) is 1. The molecule has 0 radical (unpaired) electrons. The van der Waals surface area contributed by atoms with E-state index in [1.807, 2.05) is 6.92 Å². The molecule has 0 saturated carbocycles. The van der Waals surface area contributed by atoms with Crippen LogP contribution in [0.4, 0.5) is 0 Å². The third kappa shape index (κ3) is 3.83. The maximum Gasteiger partial charge on any atom is 0.324 e. The highest BCUT2D eigenvalue weighted by molar-refractivity contribution is 5.76. The van der Waals surface area contributed by atoms with Crippen LogP contribution in [-0.4, -0.2) is 43.2 Å². The van der Waals surface area contributed by atoms with Gasteiger partial charge in [-0.3, -0.25) is 9.69 Å². The van der Waals surface area contributed by atoms with Crippen LogP contribution in [0, 0.1) is 0 Å². The van der Waals surface area contributed by atoms with Gasteiger partial charge in [-0.1, -0.05) is 31.2 Å². The molecular formula is C17H26N2O2. The fraction of sp³-hybridized carbons (Fsp3) is 0.588. The van der Waals surface area contributed by atoms with E-state index in [2.05, 4.69) is 48.3 Å². The molecule has 0 bridgehead atoms. The molecule has 1 aromatic rings. The van der Waals surface area contributed by atoms with Crippen LogP contribution in [-0.2, 0) is 16.0 Å². The summed E-state index contributed by atoms with van der Waals surface area (Å²) in [5.41, 5.74) is 2.59. The minimum absolute atomic E-state index is 0.123. The van der Waals surface area contributed by atoms with Crippen molar-refractivity contribution in [1.29, 1.82) is 0 Å². The summed E-state index contributed by atoms with van der Waals surface area (Å²) in [6.07, 6.45) is 1.05. The Morgan fingerprint density at radius 2 is 2.10 bits per heavy atom. The van der Waals surface area contributed by atoms with Crippen LogP contribution in [0.15, 0.2) is 24.3 Å². The van der Waals surface area contributed by atoms with Gasteiger partial charge in [0.25, 0.3) is 0 Å². The molecule has 1 fully saturated rings. The number of piperazine rings is 1. The Kier molecular flexibility index (Phi) is 5.76. The van der Waals surface area contributed by atoms with Crippen molar-refractivity contribution in [3.63, 3.8) is 0 Å². The summed E-state index contributed by atoms with van der Waals surface area (Å²) in [6.45, 7) is 9.04. The van der Waals surface area contributed by atoms with Crippen LogP contribution in [0.5, 0.6) is 0 Å². The summed E-state index contributed by atoms with van der Waals surface area (Å²) < 4.78 is 5.21. The van der Waals surface area contributed by atoms with Crippen LogP contribution in [0.1, 0.15) is 37.9 Å². The molecule has 1 N–H and O–H groups in total. The third-order valence-corrected chi connectivity index (χ3v) is 4.21. The van der Waals surface area contributed by atoms with Crippen LogP contribution in [0.2, 0.25) is 0 Å². The number of aryl methyl sites for hydroxylation is 1. The van der Waals surface area contributed by atoms with E-state index in [0.717, 1.165) is 19.5 Å². The van der Waals surface area contributed by atoms with E-state index >= 15 is 0 Å². The molecule has 2 unspecified atom stereocenters. The van der Waals surface area contributed by atoms with Crippen molar-refractivity contribution in [2.75, 3.05) is 26.2 Å². The van der Waals surface area contributed by atoms with E-state index in [-0.39, 0.29) is 18.1 Å². The first-order chi connectivity index (χ1) is 10.2. The molecule has 1 saturated heterocycles. The Balaban J connectivity index is 2.13. The van der Waals surface area contributed by atoms with Crippen LogP contribution in [0.25, 0.3) is 0 Å². The summed E-state index contributed by atoms with van der Waals surface area (Å²) in [6, 6.07) is 8.72. The van der Waals surface area contributed by atoms with Crippen LogP contribution < -0.4 is 5.32 Å². The minimum Gasteiger partial charge on any atom is -0.465 e. The molecule has 1 aliphatic rings. The molecule has 1 heterocycles. The second kappa shape index (κ2) is 7.57. The van der Waals surface area contributed by atoms with Gasteiger partial charge < -0.3 is 10.1 Å². The van der Waals surface area contributed by atoms with Crippen molar-refractivity contribution < 1.29 is 9.53 Å². The molecule has 0 aliphatic carbocycles. The number of carbonyl (C=O) groups is 1. The lowest BCUT2D eigenvalue weighted by Crippen LogP contribution is -2.55. The average molecular weight is 290 g/mol. The first kappa shape index (κ1) is 16.0. The molecule has 1 aliphatic heterocycles. The second-order valence-corrected chi connectivity index (χ2v) is 5.48. The molecule has 0 aromatic heterocycles. The number of nitrogens with one attached hydrogen (secondary N) is 1. The lowest BCUT2D eigenvalue weighted by Gasteiger charge is -2.38. The molecule has 1 aromatic carbocycles. The van der Waals surface area contributed by atoms with Gasteiger partial charge in [0.1, 0.15) is 6.04 Å². The number of rotatable bonds is 5. The van der Waals surface area contributed by atoms with Crippen molar-refractivity contribution in [2.24, 2.45) is 0 Å². The van der Waals surface area contributed by atoms with Crippen molar-refractivity contribution in [3.05, 3.63) is 35.4 Å². The maximum atomic E-state index is 12.1. The molecule has 4 nitrogen and oxygen atoms in total. The van der Waals surface area contributed by atoms with E-state index in [0.29, 0.717) is 13.2 Å². The molecule has 2 atom stereocenters. The Bertz CT molecular complexity index is 458. The molecule has 116 valence electrons. The van der Waals surface area contributed by atoms with Crippen molar-refractivity contribution >= 4 is 5.97 Å². The number of ether oxygens (including phenoxy) is 1. The third-order valence-electron chi connectivity index (χ3n) is 4.21. The van der Waals surface area contributed by atoms with Crippen molar-refractivity contribution in [3.8, 4) is 0 Å². The first-order valence-electron chi connectivity index (χ1n) is 7.89. The van der Waals surface area contributed by atoms with Gasteiger partial charge >= 0.3 is 5.97 Å². The van der Waals surface area contributed by atoms with Gasteiger partial charge in [0.05, 0.1) is 6.61 Å². The van der Waals surface area contributed by atoms with E-state index in [4.69, 9.17) is 4.74 Å². The summed E-state index contributed by atoms with van der Waals surface area (Å²) in [7, 11) is 0. The summed E-state index contributed by atoms with van der Waals surface area (Å²) >= 11 is 0. The summed E-state index contributed by atoms with van der Waals surface area (Å²) in [4.78, 5) is 14.4. The van der Waals surface area contributed by atoms with Gasteiger partial charge in [0, 0.05) is 25.7 Å². The van der Waals surface area contributed by atoms with Gasteiger partial charge in [-0.2, -0.15) is 0 Å². The van der Waals surface area contributed by atoms with Gasteiger partial charge in [-0.25, -0.2) is 0 Å². The number of hydrogen-bond acceptors (Lipinski definition) is 4. The summed E-state index contributed by atoms with van der Waals surface area (Å²) in [5, 5.41) is 3.29. The van der Waals surface area contributed by atoms with Gasteiger partial charge in [0.2, 0.25) is 0 Å². The lowest BCUT2D eigenvalue weighted by molar-refractivity contribution is -0.151. The molecule has 4 heteroatoms. The highest BCUT2D eigenvalue weighted by Crippen LogP contribution is 2.24. The Morgan fingerprint density at radius 3 is 2.71 bits per heavy atom. The largest absolute Gasteiger partial charge is 0.465 e. The smallest absolute Gasteiger partial charge is 0.324 e. The fourth-order valence-corrected chi connectivity index (χ4v) is 2.86. The predicted molar refractivity (Wildman–Crippen MR) is 84.2 cm³/mol. The zero-order valence-electron chi connectivity index (χ0n) is 13.3. The van der Waals surface area contributed by atoms with Gasteiger partial charge in [-0.05, 0) is 31.4 Å². The topological polar surface area (TPSA) is 41.6 Å². The Morgan fingerprint density at radius 1 is 1.38 bits per heavy atom. The molecule has 0 amide bonds. The zero-order valence-corrected chi connectivity index (χ0v) is 13.3. The Labute approximate surface area is 127 Å². The highest BCUT2D eigenvalue weighted by Gasteiger charge is 2.33. The minimum atomic E-state index is -0.195. The van der Waals surface area contributed by atoms with E-state index < -0.39 is 0 Å². The van der Waals surface area contributed by atoms with Crippen LogP contribution in [0.3, 0.4) is 0 Å². The molecule has 2 rings (SSSR count). The number of esters is 1. The monoisotopic (exact) mass is 290 g/mol. The standard InChI is InChI=1S/C17H26N2O2/c1-4-14-6-8-15(9-7-14)13(3)19-11-10-18-12-16(19)17(20)21-5-2/h6-9,13,16,18H,4-5,10-12H2,1-3H3. The van der Waals surface area contributed by atoms with Crippen molar-refractivity contribution in [1.82, 2.24) is 10.2 Å². The second-order valence-electron chi connectivity index (χ2n) is 5.48. The van der Waals surface area contributed by atoms with Gasteiger partial charge in [-0.15, -0.1) is 0 Å². The number of nitrogens with zero attached hydrogens (tertiary/aromatic N) is 1.